The predicted molar refractivity (Wildman–Crippen MR) is 85.8 cm³/mol. The Hall–Kier alpha value is -3.08. The third-order valence-electron chi connectivity index (χ3n) is 3.61. The maximum atomic E-state index is 12.0. The molecule has 2 aromatic carbocycles. The summed E-state index contributed by atoms with van der Waals surface area (Å²) in [6.07, 6.45) is 0. The van der Waals surface area contributed by atoms with Crippen molar-refractivity contribution in [1.29, 1.82) is 0 Å². The number of hydrogen-bond donors (Lipinski definition) is 2. The Morgan fingerprint density at radius 1 is 1.09 bits per heavy atom. The van der Waals surface area contributed by atoms with E-state index in [0.717, 1.165) is 11.1 Å². The smallest absolute Gasteiger partial charge is 0.379 e. The van der Waals surface area contributed by atoms with Gasteiger partial charge < -0.3 is 15.2 Å². The van der Waals surface area contributed by atoms with E-state index in [1.165, 1.54) is 6.07 Å². The molecule has 1 fully saturated rings. The van der Waals surface area contributed by atoms with Gasteiger partial charge in [0.2, 0.25) is 0 Å². The Kier molecular flexibility index (Phi) is 3.85. The first-order valence-electron chi connectivity index (χ1n) is 7.13. The Morgan fingerprint density at radius 2 is 1.78 bits per heavy atom. The number of carbonyl (C=O) groups excluding carboxylic acids is 2. The molecule has 0 amide bonds. The Labute approximate surface area is 133 Å². The zero-order valence-corrected chi connectivity index (χ0v) is 12.5. The number of phenolic OH excluding ortho intramolecular Hbond substituents is 1. The van der Waals surface area contributed by atoms with Crippen LogP contribution >= 0.6 is 0 Å². The van der Waals surface area contributed by atoms with Gasteiger partial charge in [-0.05, 0) is 24.6 Å². The highest BCUT2D eigenvalue weighted by atomic mass is 16.5. The Bertz CT molecular complexity index is 806. The molecule has 0 atom stereocenters. The SMILES string of the molecule is Cc1ccc(/C(Nc2ccccc2O)=C2\COC(=O)C2=O)cc1. The zero-order valence-electron chi connectivity index (χ0n) is 12.5. The van der Waals surface area contributed by atoms with Gasteiger partial charge in [-0.2, -0.15) is 0 Å². The highest BCUT2D eigenvalue weighted by molar-refractivity contribution is 6.44. The molecule has 3 rings (SSSR count). The maximum Gasteiger partial charge on any atom is 0.379 e. The van der Waals surface area contributed by atoms with Crippen LogP contribution in [0.4, 0.5) is 5.69 Å². The van der Waals surface area contributed by atoms with Gasteiger partial charge in [0.25, 0.3) is 5.78 Å². The monoisotopic (exact) mass is 309 g/mol. The summed E-state index contributed by atoms with van der Waals surface area (Å²) in [5.74, 6) is -1.47. The number of carbonyl (C=O) groups is 2. The van der Waals surface area contributed by atoms with Gasteiger partial charge in [0.15, 0.2) is 0 Å². The lowest BCUT2D eigenvalue weighted by molar-refractivity contribution is -0.146. The summed E-state index contributed by atoms with van der Waals surface area (Å²) in [5, 5.41) is 13.0. The van der Waals surface area contributed by atoms with Crippen LogP contribution in [0.25, 0.3) is 5.70 Å². The molecular weight excluding hydrogens is 294 g/mol. The maximum absolute atomic E-state index is 12.0. The molecule has 0 unspecified atom stereocenters. The van der Waals surface area contributed by atoms with E-state index in [1.54, 1.807) is 18.2 Å². The summed E-state index contributed by atoms with van der Waals surface area (Å²) < 4.78 is 4.82. The molecule has 1 heterocycles. The number of rotatable bonds is 3. The molecule has 2 aromatic rings. The van der Waals surface area contributed by atoms with Crippen LogP contribution in [-0.2, 0) is 14.3 Å². The highest BCUT2D eigenvalue weighted by Gasteiger charge is 2.32. The number of benzene rings is 2. The van der Waals surface area contributed by atoms with Crippen LogP contribution in [-0.4, -0.2) is 23.5 Å². The van der Waals surface area contributed by atoms with Gasteiger partial charge in [0, 0.05) is 0 Å². The quantitative estimate of drug-likeness (QED) is 0.394. The Balaban J connectivity index is 2.09. The minimum absolute atomic E-state index is 0.0513. The number of anilines is 1. The van der Waals surface area contributed by atoms with Crippen LogP contribution < -0.4 is 5.32 Å². The Morgan fingerprint density at radius 3 is 2.39 bits per heavy atom. The van der Waals surface area contributed by atoms with E-state index in [9.17, 15) is 14.7 Å². The van der Waals surface area contributed by atoms with Gasteiger partial charge >= 0.3 is 5.97 Å². The summed E-state index contributed by atoms with van der Waals surface area (Å²) in [6.45, 7) is 1.88. The van der Waals surface area contributed by atoms with E-state index in [2.05, 4.69) is 5.32 Å². The number of ether oxygens (including phenoxy) is 1. The minimum Gasteiger partial charge on any atom is -0.506 e. The highest BCUT2D eigenvalue weighted by Crippen LogP contribution is 2.30. The molecule has 0 saturated carbocycles. The van der Waals surface area contributed by atoms with E-state index < -0.39 is 11.8 Å². The fourth-order valence-corrected chi connectivity index (χ4v) is 2.33. The largest absolute Gasteiger partial charge is 0.506 e. The minimum atomic E-state index is -0.858. The molecule has 116 valence electrons. The molecule has 1 aliphatic rings. The summed E-state index contributed by atoms with van der Waals surface area (Å²) in [6, 6.07) is 14.2. The van der Waals surface area contributed by atoms with Gasteiger partial charge in [-0.1, -0.05) is 42.0 Å². The average molecular weight is 309 g/mol. The predicted octanol–water partition coefficient (Wildman–Crippen LogP) is 2.65. The topological polar surface area (TPSA) is 75.6 Å². The molecule has 5 nitrogen and oxygen atoms in total. The van der Waals surface area contributed by atoms with E-state index in [1.807, 2.05) is 31.2 Å². The number of phenols is 1. The first-order valence-corrected chi connectivity index (χ1v) is 7.13. The van der Waals surface area contributed by atoms with Crippen LogP contribution in [0.2, 0.25) is 0 Å². The van der Waals surface area contributed by atoms with Crippen molar-refractivity contribution in [3.8, 4) is 5.75 Å². The van der Waals surface area contributed by atoms with E-state index in [4.69, 9.17) is 4.74 Å². The second-order valence-electron chi connectivity index (χ2n) is 5.27. The number of cyclic esters (lactones) is 1. The zero-order chi connectivity index (χ0) is 16.4. The normalized spacial score (nSPS) is 16.2. The number of aromatic hydroxyl groups is 1. The number of ketones is 1. The van der Waals surface area contributed by atoms with Crippen molar-refractivity contribution in [2.75, 3.05) is 11.9 Å². The second kappa shape index (κ2) is 5.96. The van der Waals surface area contributed by atoms with Gasteiger partial charge in [0.05, 0.1) is 17.0 Å². The van der Waals surface area contributed by atoms with Crippen molar-refractivity contribution in [2.45, 2.75) is 6.92 Å². The number of para-hydroxylation sites is 2. The van der Waals surface area contributed by atoms with Crippen molar-refractivity contribution < 1.29 is 19.4 Å². The van der Waals surface area contributed by atoms with Gasteiger partial charge in [-0.25, -0.2) is 4.79 Å². The lowest BCUT2D eigenvalue weighted by Gasteiger charge is -2.14. The molecule has 2 N–H and O–H groups in total. The van der Waals surface area contributed by atoms with Crippen molar-refractivity contribution in [2.24, 2.45) is 0 Å². The molecule has 0 aromatic heterocycles. The number of esters is 1. The van der Waals surface area contributed by atoms with E-state index in [0.29, 0.717) is 11.4 Å². The van der Waals surface area contributed by atoms with Crippen LogP contribution in [0.3, 0.4) is 0 Å². The van der Waals surface area contributed by atoms with Crippen LogP contribution in [0.5, 0.6) is 5.75 Å². The molecule has 0 spiro atoms. The van der Waals surface area contributed by atoms with Crippen LogP contribution in [0.1, 0.15) is 11.1 Å². The van der Waals surface area contributed by atoms with Gasteiger partial charge in [-0.3, -0.25) is 4.79 Å². The van der Waals surface area contributed by atoms with Crippen LogP contribution in [0, 0.1) is 6.92 Å². The first-order chi connectivity index (χ1) is 11.1. The van der Waals surface area contributed by atoms with Crippen molar-refractivity contribution in [3.63, 3.8) is 0 Å². The van der Waals surface area contributed by atoms with Crippen molar-refractivity contribution in [1.82, 2.24) is 0 Å². The molecule has 23 heavy (non-hydrogen) atoms. The number of aryl methyl sites for hydroxylation is 1. The third kappa shape index (κ3) is 2.94. The van der Waals surface area contributed by atoms with Gasteiger partial charge in [0.1, 0.15) is 12.4 Å². The van der Waals surface area contributed by atoms with Gasteiger partial charge in [-0.15, -0.1) is 0 Å². The van der Waals surface area contributed by atoms with E-state index >= 15 is 0 Å². The number of Topliss-reactive ketones (excluding diaryl/α,β-unsaturated/α-hetero) is 1. The molecule has 5 heteroatoms. The van der Waals surface area contributed by atoms with Crippen molar-refractivity contribution in [3.05, 3.63) is 65.2 Å². The summed E-state index contributed by atoms with van der Waals surface area (Å²) in [4.78, 5) is 23.4. The molecule has 0 aliphatic carbocycles. The lowest BCUT2D eigenvalue weighted by Crippen LogP contribution is -2.11. The summed E-state index contributed by atoms with van der Waals surface area (Å²) in [5.41, 5.74) is 2.97. The third-order valence-corrected chi connectivity index (χ3v) is 3.61. The molecule has 0 radical (unpaired) electrons. The van der Waals surface area contributed by atoms with E-state index in [-0.39, 0.29) is 17.9 Å². The standard InChI is InChI=1S/C18H15NO4/c1-11-6-8-12(9-7-11)16(13-10-23-18(22)17(13)21)19-14-4-2-3-5-15(14)20/h2-9,19-20H,10H2,1H3/b16-13-. The molecule has 1 aliphatic heterocycles. The molecule has 0 bridgehead atoms. The molecular formula is C18H15NO4. The number of hydrogen-bond acceptors (Lipinski definition) is 5. The van der Waals surface area contributed by atoms with Crippen molar-refractivity contribution >= 4 is 23.1 Å². The lowest BCUT2D eigenvalue weighted by atomic mass is 10.0. The summed E-state index contributed by atoms with van der Waals surface area (Å²) >= 11 is 0. The van der Waals surface area contributed by atoms with Crippen LogP contribution in [0.15, 0.2) is 54.1 Å². The fraction of sp³-hybridized carbons (Fsp3) is 0.111. The first kappa shape index (κ1) is 14.8. The molecule has 1 saturated heterocycles. The average Bonchev–Trinajstić information content (AvgIpc) is 2.87. The second-order valence-corrected chi connectivity index (χ2v) is 5.27. The number of nitrogens with one attached hydrogen (secondary N) is 1. The summed E-state index contributed by atoms with van der Waals surface area (Å²) in [7, 11) is 0. The fourth-order valence-electron chi connectivity index (χ4n) is 2.33.